The second-order valence-electron chi connectivity index (χ2n) is 6.13. The van der Waals surface area contributed by atoms with E-state index in [1.54, 1.807) is 0 Å². The van der Waals surface area contributed by atoms with Gasteiger partial charge < -0.3 is 29.9 Å². The normalized spacial score (nSPS) is 16.1. The molecule has 3 rings (SSSR count). The smallest absolute Gasteiger partial charge is 0.390 e. The molecule has 11 nitrogen and oxygen atoms in total. The van der Waals surface area contributed by atoms with Gasteiger partial charge >= 0.3 is 11.8 Å². The van der Waals surface area contributed by atoms with Crippen LogP contribution in [0.15, 0.2) is 36.5 Å². The van der Waals surface area contributed by atoms with Crippen molar-refractivity contribution in [1.29, 1.82) is 0 Å². The van der Waals surface area contributed by atoms with Crippen LogP contribution < -0.4 is 4.90 Å². The Morgan fingerprint density at radius 1 is 1.07 bits per heavy atom. The Balaban J connectivity index is 1.69. The van der Waals surface area contributed by atoms with Crippen LogP contribution in [-0.4, -0.2) is 62.8 Å². The van der Waals surface area contributed by atoms with Crippen molar-refractivity contribution in [3.63, 3.8) is 0 Å². The fourth-order valence-electron chi connectivity index (χ4n) is 3.16. The van der Waals surface area contributed by atoms with Crippen LogP contribution in [-0.2, 0) is 11.3 Å². The maximum absolute atomic E-state index is 11.6. The summed E-state index contributed by atoms with van der Waals surface area (Å²) in [6.45, 7) is 2.55. The monoisotopic (exact) mass is 374 g/mol. The zero-order chi connectivity index (χ0) is 19.4. The lowest BCUT2D eigenvalue weighted by molar-refractivity contribution is -0.403. The number of imidazole rings is 1. The minimum Gasteiger partial charge on any atom is -0.390 e. The van der Waals surface area contributed by atoms with E-state index in [0.717, 1.165) is 16.5 Å². The van der Waals surface area contributed by atoms with Gasteiger partial charge in [-0.15, -0.1) is 0 Å². The zero-order valence-electron chi connectivity index (χ0n) is 14.4. The lowest BCUT2D eigenvalue weighted by atomic mass is 10.2. The molecule has 11 heteroatoms. The minimum absolute atomic E-state index is 0.0635. The van der Waals surface area contributed by atoms with Crippen molar-refractivity contribution in [3.05, 3.63) is 56.8 Å². The quantitative estimate of drug-likeness (QED) is 0.400. The number of aromatic nitrogens is 2. The number of anilines is 1. The van der Waals surface area contributed by atoms with Crippen LogP contribution in [0.3, 0.4) is 0 Å². The van der Waals surface area contributed by atoms with Crippen molar-refractivity contribution in [2.75, 3.05) is 31.1 Å². The van der Waals surface area contributed by atoms with Gasteiger partial charge in [0.2, 0.25) is 0 Å². The van der Waals surface area contributed by atoms with Gasteiger partial charge in [0, 0.05) is 31.9 Å². The Kier molecular flexibility index (Phi) is 5.41. The third-order valence-corrected chi connectivity index (χ3v) is 4.54. The number of benzene rings is 1. The molecule has 0 radical (unpaired) electrons. The van der Waals surface area contributed by atoms with Gasteiger partial charge in [0.15, 0.2) is 6.20 Å². The van der Waals surface area contributed by atoms with Crippen LogP contribution in [0.1, 0.15) is 0 Å². The highest BCUT2D eigenvalue weighted by Gasteiger charge is 2.29. The SMILES string of the molecule is O=CC(Cn1cc([N+](=O)[O-])nc1[N+](=O)[O-])N1CCN(c2ccccc2)CC1. The first-order valence-electron chi connectivity index (χ1n) is 8.35. The van der Waals surface area contributed by atoms with E-state index in [0.29, 0.717) is 32.5 Å². The van der Waals surface area contributed by atoms with Crippen LogP contribution in [0, 0.1) is 20.2 Å². The summed E-state index contributed by atoms with van der Waals surface area (Å²) in [6.07, 6.45) is 1.71. The van der Waals surface area contributed by atoms with Crippen LogP contribution in [0.5, 0.6) is 0 Å². The number of piperazine rings is 1. The second-order valence-corrected chi connectivity index (χ2v) is 6.13. The van der Waals surface area contributed by atoms with E-state index in [-0.39, 0.29) is 6.54 Å². The van der Waals surface area contributed by atoms with Gasteiger partial charge in [0.1, 0.15) is 6.29 Å². The summed E-state index contributed by atoms with van der Waals surface area (Å²) < 4.78 is 1.06. The van der Waals surface area contributed by atoms with Gasteiger partial charge in [-0.2, -0.15) is 0 Å². The van der Waals surface area contributed by atoms with E-state index >= 15 is 0 Å². The Morgan fingerprint density at radius 3 is 2.30 bits per heavy atom. The van der Waals surface area contributed by atoms with Crippen molar-refractivity contribution in [3.8, 4) is 0 Å². The number of carbonyl (C=O) groups excluding carboxylic acids is 1. The molecule has 27 heavy (non-hydrogen) atoms. The summed E-state index contributed by atoms with van der Waals surface area (Å²) in [5.74, 6) is -1.25. The Hall–Kier alpha value is -3.34. The molecule has 1 aliphatic heterocycles. The molecule has 1 unspecified atom stereocenters. The van der Waals surface area contributed by atoms with E-state index in [9.17, 15) is 25.0 Å². The second kappa shape index (κ2) is 7.91. The first-order valence-corrected chi connectivity index (χ1v) is 8.35. The predicted molar refractivity (Wildman–Crippen MR) is 95.6 cm³/mol. The van der Waals surface area contributed by atoms with Crippen molar-refractivity contribution in [2.45, 2.75) is 12.6 Å². The summed E-state index contributed by atoms with van der Waals surface area (Å²) in [5, 5.41) is 21.9. The fraction of sp³-hybridized carbons (Fsp3) is 0.375. The Bertz CT molecular complexity index is 831. The van der Waals surface area contributed by atoms with Gasteiger partial charge in [0.05, 0.1) is 12.6 Å². The lowest BCUT2D eigenvalue weighted by Gasteiger charge is -2.38. The molecule has 1 fully saturated rings. The van der Waals surface area contributed by atoms with Crippen LogP contribution in [0.2, 0.25) is 0 Å². The summed E-state index contributed by atoms with van der Waals surface area (Å²) in [5.41, 5.74) is 1.10. The summed E-state index contributed by atoms with van der Waals surface area (Å²) in [7, 11) is 0. The highest BCUT2D eigenvalue weighted by atomic mass is 16.6. The highest BCUT2D eigenvalue weighted by molar-refractivity contribution is 5.58. The highest BCUT2D eigenvalue weighted by Crippen LogP contribution is 2.20. The molecule has 2 aromatic rings. The topological polar surface area (TPSA) is 128 Å². The van der Waals surface area contributed by atoms with Crippen molar-refractivity contribution in [2.24, 2.45) is 0 Å². The van der Waals surface area contributed by atoms with E-state index in [1.165, 1.54) is 0 Å². The molecule has 142 valence electrons. The minimum atomic E-state index is -0.794. The number of para-hydroxylation sites is 1. The molecule has 0 bridgehead atoms. The molecule has 1 aliphatic rings. The number of nitrogens with zero attached hydrogens (tertiary/aromatic N) is 6. The molecule has 0 N–H and O–H groups in total. The lowest BCUT2D eigenvalue weighted by Crippen LogP contribution is -2.52. The number of carbonyl (C=O) groups is 1. The molecular weight excluding hydrogens is 356 g/mol. The van der Waals surface area contributed by atoms with Gasteiger partial charge in [-0.1, -0.05) is 18.2 Å². The maximum atomic E-state index is 11.6. The molecule has 1 aromatic heterocycles. The molecule has 0 spiro atoms. The molecule has 0 saturated carbocycles. The van der Waals surface area contributed by atoms with Gasteiger partial charge in [-0.25, -0.2) is 4.57 Å². The predicted octanol–water partition coefficient (Wildman–Crippen LogP) is 1.09. The van der Waals surface area contributed by atoms with E-state index < -0.39 is 27.7 Å². The first-order chi connectivity index (χ1) is 13.0. The average molecular weight is 374 g/mol. The fourth-order valence-corrected chi connectivity index (χ4v) is 3.16. The largest absolute Gasteiger partial charge is 0.439 e. The molecular formula is C16H18N6O5. The van der Waals surface area contributed by atoms with Crippen LogP contribution in [0.4, 0.5) is 17.5 Å². The summed E-state index contributed by atoms with van der Waals surface area (Å²) >= 11 is 0. The third kappa shape index (κ3) is 4.08. The molecule has 0 amide bonds. The number of hydrogen-bond donors (Lipinski definition) is 0. The van der Waals surface area contributed by atoms with Crippen LogP contribution in [0.25, 0.3) is 0 Å². The number of nitro groups is 2. The molecule has 1 atom stereocenters. The number of rotatable bonds is 7. The van der Waals surface area contributed by atoms with Gasteiger partial charge in [-0.3, -0.25) is 4.90 Å². The van der Waals surface area contributed by atoms with Crippen molar-refractivity contribution >= 4 is 23.7 Å². The first kappa shape index (κ1) is 18.5. The van der Waals surface area contributed by atoms with Crippen molar-refractivity contribution < 1.29 is 14.6 Å². The van der Waals surface area contributed by atoms with Crippen LogP contribution >= 0.6 is 0 Å². The summed E-state index contributed by atoms with van der Waals surface area (Å²) in [4.78, 5) is 39.5. The standard InChI is InChI=1S/C16H18N6O5/c23-12-14(10-20-11-15(21(24)25)17-16(20)22(26)27)19-8-6-18(7-9-19)13-4-2-1-3-5-13/h1-5,11-12,14H,6-10H2. The third-order valence-electron chi connectivity index (χ3n) is 4.54. The number of aldehydes is 1. The molecule has 1 aromatic carbocycles. The molecule has 2 heterocycles. The zero-order valence-corrected chi connectivity index (χ0v) is 14.4. The Morgan fingerprint density at radius 2 is 1.74 bits per heavy atom. The van der Waals surface area contributed by atoms with E-state index in [4.69, 9.17) is 0 Å². The van der Waals surface area contributed by atoms with Gasteiger partial charge in [-0.05, 0) is 27.0 Å². The molecule has 0 aliphatic carbocycles. The maximum Gasteiger partial charge on any atom is 0.439 e. The van der Waals surface area contributed by atoms with E-state index in [1.807, 2.05) is 35.2 Å². The average Bonchev–Trinajstić information content (AvgIpc) is 3.11. The van der Waals surface area contributed by atoms with E-state index in [2.05, 4.69) is 9.88 Å². The Labute approximate surface area is 154 Å². The molecule has 1 saturated heterocycles. The number of hydrogen-bond acceptors (Lipinski definition) is 8. The van der Waals surface area contributed by atoms with Crippen molar-refractivity contribution in [1.82, 2.24) is 14.5 Å². The summed E-state index contributed by atoms with van der Waals surface area (Å²) in [6, 6.07) is 9.26. The van der Waals surface area contributed by atoms with Gasteiger partial charge in [0.25, 0.3) is 0 Å².